The highest BCUT2D eigenvalue weighted by Crippen LogP contribution is 2.35. The van der Waals surface area contributed by atoms with Gasteiger partial charge in [-0.1, -0.05) is 24.3 Å². The fourth-order valence-electron chi connectivity index (χ4n) is 4.07. The SMILES string of the molecule is CC(=O)N(c1cccs1)c1cc2c(C=Cc3cccc(NC(=O)OCc4cccnc4)c3)n[nH]c2cc1C. The van der Waals surface area contributed by atoms with Crippen molar-refractivity contribution >= 4 is 62.8 Å². The number of benzene rings is 2. The van der Waals surface area contributed by atoms with Crippen molar-refractivity contribution in [2.24, 2.45) is 0 Å². The number of carbonyl (C=O) groups is 2. The third kappa shape index (κ3) is 5.63. The van der Waals surface area contributed by atoms with Crippen LogP contribution in [0.5, 0.6) is 0 Å². The predicted molar refractivity (Wildman–Crippen MR) is 151 cm³/mol. The Morgan fingerprint density at radius 2 is 2.00 bits per heavy atom. The number of thiophene rings is 1. The Balaban J connectivity index is 1.34. The molecule has 190 valence electrons. The molecule has 3 aromatic heterocycles. The van der Waals surface area contributed by atoms with Crippen molar-refractivity contribution in [1.29, 1.82) is 0 Å². The van der Waals surface area contributed by atoms with Gasteiger partial charge in [0.1, 0.15) is 11.6 Å². The lowest BCUT2D eigenvalue weighted by molar-refractivity contribution is -0.115. The summed E-state index contributed by atoms with van der Waals surface area (Å²) in [5.41, 5.74) is 5.71. The maximum atomic E-state index is 12.5. The Morgan fingerprint density at radius 3 is 2.76 bits per heavy atom. The Bertz CT molecular complexity index is 1610. The predicted octanol–water partition coefficient (Wildman–Crippen LogP) is 6.93. The highest BCUT2D eigenvalue weighted by atomic mass is 32.1. The van der Waals surface area contributed by atoms with Gasteiger partial charge in [-0.15, -0.1) is 11.3 Å². The van der Waals surface area contributed by atoms with Crippen LogP contribution in [-0.2, 0) is 16.1 Å². The van der Waals surface area contributed by atoms with Crippen LogP contribution in [0.3, 0.4) is 0 Å². The lowest BCUT2D eigenvalue weighted by Gasteiger charge is -2.21. The first-order chi connectivity index (χ1) is 18.5. The lowest BCUT2D eigenvalue weighted by atomic mass is 10.1. The number of aromatic nitrogens is 3. The van der Waals surface area contributed by atoms with E-state index in [9.17, 15) is 9.59 Å². The van der Waals surface area contributed by atoms with Gasteiger partial charge in [-0.25, -0.2) is 4.79 Å². The summed E-state index contributed by atoms with van der Waals surface area (Å²) in [6.45, 7) is 3.69. The fourth-order valence-corrected chi connectivity index (χ4v) is 4.86. The van der Waals surface area contributed by atoms with Gasteiger partial charge in [0.25, 0.3) is 0 Å². The number of fused-ring (bicyclic) bond motifs is 1. The molecular formula is C29H25N5O3S. The smallest absolute Gasteiger partial charge is 0.411 e. The van der Waals surface area contributed by atoms with E-state index >= 15 is 0 Å². The number of amides is 2. The molecule has 0 saturated heterocycles. The van der Waals surface area contributed by atoms with Crippen LogP contribution >= 0.6 is 11.3 Å². The van der Waals surface area contributed by atoms with Gasteiger partial charge in [-0.3, -0.25) is 25.1 Å². The summed E-state index contributed by atoms with van der Waals surface area (Å²) in [4.78, 5) is 30.5. The number of rotatable bonds is 7. The van der Waals surface area contributed by atoms with Crippen molar-refractivity contribution in [2.45, 2.75) is 20.5 Å². The van der Waals surface area contributed by atoms with E-state index in [1.165, 1.54) is 11.3 Å². The van der Waals surface area contributed by atoms with Gasteiger partial charge in [0.2, 0.25) is 5.91 Å². The first kappa shape index (κ1) is 24.9. The molecule has 0 radical (unpaired) electrons. The summed E-state index contributed by atoms with van der Waals surface area (Å²) in [5.74, 6) is -0.0567. The number of hydrogen-bond acceptors (Lipinski definition) is 6. The third-order valence-corrected chi connectivity index (χ3v) is 6.70. The summed E-state index contributed by atoms with van der Waals surface area (Å²) in [6.07, 6.45) is 6.60. The molecule has 0 aliphatic rings. The third-order valence-electron chi connectivity index (χ3n) is 5.85. The van der Waals surface area contributed by atoms with Crippen LogP contribution in [0.25, 0.3) is 23.1 Å². The van der Waals surface area contributed by atoms with E-state index in [1.54, 1.807) is 36.4 Å². The molecule has 0 fully saturated rings. The van der Waals surface area contributed by atoms with Gasteiger partial charge in [0.05, 0.1) is 16.9 Å². The first-order valence-electron chi connectivity index (χ1n) is 11.9. The second kappa shape index (κ2) is 11.1. The van der Waals surface area contributed by atoms with E-state index in [2.05, 4.69) is 20.5 Å². The normalized spacial score (nSPS) is 11.1. The summed E-state index contributed by atoms with van der Waals surface area (Å²) in [7, 11) is 0. The van der Waals surface area contributed by atoms with Crippen LogP contribution in [0.15, 0.2) is 78.4 Å². The molecule has 0 saturated carbocycles. The minimum atomic E-state index is -0.544. The van der Waals surface area contributed by atoms with Gasteiger partial charge in [-0.2, -0.15) is 5.10 Å². The summed E-state index contributed by atoms with van der Waals surface area (Å²) < 4.78 is 5.27. The van der Waals surface area contributed by atoms with Crippen molar-refractivity contribution in [3.8, 4) is 0 Å². The van der Waals surface area contributed by atoms with Crippen LogP contribution in [0, 0.1) is 6.92 Å². The molecule has 0 aliphatic carbocycles. The number of nitrogens with one attached hydrogen (secondary N) is 2. The van der Waals surface area contributed by atoms with E-state index in [1.807, 2.05) is 73.0 Å². The Labute approximate surface area is 223 Å². The van der Waals surface area contributed by atoms with Crippen LogP contribution < -0.4 is 10.2 Å². The highest BCUT2D eigenvalue weighted by Gasteiger charge is 2.19. The molecule has 9 heteroatoms. The number of pyridine rings is 1. The highest BCUT2D eigenvalue weighted by molar-refractivity contribution is 7.14. The Morgan fingerprint density at radius 1 is 1.11 bits per heavy atom. The van der Waals surface area contributed by atoms with E-state index in [0.29, 0.717) is 5.69 Å². The largest absolute Gasteiger partial charge is 0.444 e. The second-order valence-corrected chi connectivity index (χ2v) is 9.55. The number of nitrogens with zero attached hydrogens (tertiary/aromatic N) is 3. The van der Waals surface area contributed by atoms with Gasteiger partial charge in [0, 0.05) is 36.0 Å². The Hall–Kier alpha value is -4.76. The number of carbonyl (C=O) groups excluding carboxylic acids is 2. The van der Waals surface area contributed by atoms with E-state index in [-0.39, 0.29) is 12.5 Å². The average Bonchev–Trinajstić information content (AvgIpc) is 3.57. The van der Waals surface area contributed by atoms with Crippen molar-refractivity contribution in [3.05, 3.63) is 101 Å². The number of anilines is 3. The van der Waals surface area contributed by atoms with Gasteiger partial charge in [0.15, 0.2) is 0 Å². The van der Waals surface area contributed by atoms with Gasteiger partial charge >= 0.3 is 6.09 Å². The second-order valence-electron chi connectivity index (χ2n) is 8.62. The molecule has 2 aromatic carbocycles. The minimum Gasteiger partial charge on any atom is -0.444 e. The molecule has 2 amide bonds. The lowest BCUT2D eigenvalue weighted by Crippen LogP contribution is -2.22. The number of ether oxygens (including phenoxy) is 1. The van der Waals surface area contributed by atoms with Crippen molar-refractivity contribution in [2.75, 3.05) is 10.2 Å². The maximum Gasteiger partial charge on any atom is 0.411 e. The summed E-state index contributed by atoms with van der Waals surface area (Å²) in [5, 5.41) is 14.0. The molecule has 8 nitrogen and oxygen atoms in total. The van der Waals surface area contributed by atoms with Crippen LogP contribution in [0.1, 0.15) is 29.3 Å². The summed E-state index contributed by atoms with van der Waals surface area (Å²) in [6, 6.07) is 18.9. The topological polar surface area (TPSA) is 100 Å². The van der Waals surface area contributed by atoms with E-state index < -0.39 is 6.09 Å². The maximum absolute atomic E-state index is 12.5. The minimum absolute atomic E-state index is 0.0567. The summed E-state index contributed by atoms with van der Waals surface area (Å²) >= 11 is 1.52. The van der Waals surface area contributed by atoms with Gasteiger partial charge < -0.3 is 4.74 Å². The molecule has 38 heavy (non-hydrogen) atoms. The number of H-pyrrole nitrogens is 1. The van der Waals surface area contributed by atoms with Crippen molar-refractivity contribution < 1.29 is 14.3 Å². The Kier molecular flexibility index (Phi) is 7.28. The zero-order chi connectivity index (χ0) is 26.5. The standard InChI is InChI=1S/C29H25N5O3S/c1-19-14-26-24(16-27(19)34(20(2)35)28-9-5-13-38-28)25(32-33-26)11-10-21-6-3-8-23(15-21)31-29(36)37-18-22-7-4-12-30-17-22/h3-17H,18H2,1-2H3,(H,31,36)(H,32,33). The fraction of sp³-hybridized carbons (Fsp3) is 0.103. The zero-order valence-electron chi connectivity index (χ0n) is 20.8. The first-order valence-corrected chi connectivity index (χ1v) is 12.8. The molecule has 0 atom stereocenters. The molecule has 0 unspecified atom stereocenters. The zero-order valence-corrected chi connectivity index (χ0v) is 21.7. The number of hydrogen-bond donors (Lipinski definition) is 2. The van der Waals surface area contributed by atoms with Crippen LogP contribution in [-0.4, -0.2) is 27.2 Å². The number of aryl methyl sites for hydroxylation is 1. The molecule has 0 aliphatic heterocycles. The van der Waals surface area contributed by atoms with E-state index in [4.69, 9.17) is 4.74 Å². The molecule has 0 spiro atoms. The van der Waals surface area contributed by atoms with Crippen molar-refractivity contribution in [1.82, 2.24) is 15.2 Å². The molecule has 5 aromatic rings. The van der Waals surface area contributed by atoms with Crippen molar-refractivity contribution in [3.63, 3.8) is 0 Å². The molecule has 5 rings (SSSR count). The molecule has 2 N–H and O–H groups in total. The number of aromatic amines is 1. The molecule has 3 heterocycles. The molecule has 0 bridgehead atoms. The molecular weight excluding hydrogens is 498 g/mol. The van der Waals surface area contributed by atoms with Crippen LogP contribution in [0.4, 0.5) is 21.2 Å². The average molecular weight is 524 g/mol. The monoisotopic (exact) mass is 523 g/mol. The van der Waals surface area contributed by atoms with Crippen LogP contribution in [0.2, 0.25) is 0 Å². The quantitative estimate of drug-likeness (QED) is 0.241. The van der Waals surface area contributed by atoms with Gasteiger partial charge in [-0.05, 0) is 72.0 Å². The van der Waals surface area contributed by atoms with E-state index in [0.717, 1.165) is 44.0 Å².